The summed E-state index contributed by atoms with van der Waals surface area (Å²) < 4.78 is 23.4. The van der Waals surface area contributed by atoms with Gasteiger partial charge in [0.05, 0.1) is 10.8 Å². The normalized spacial score (nSPS) is 17.2. The molecule has 0 saturated carbocycles. The van der Waals surface area contributed by atoms with Crippen LogP contribution in [0, 0.1) is 0 Å². The van der Waals surface area contributed by atoms with Crippen molar-refractivity contribution in [1.29, 1.82) is 0 Å². The zero-order valence-corrected chi connectivity index (χ0v) is 11.4. The lowest BCUT2D eigenvalue weighted by molar-refractivity contribution is 0.171. The lowest BCUT2D eigenvalue weighted by atomic mass is 10.2. The highest BCUT2D eigenvalue weighted by atomic mass is 32.2. The zero-order valence-electron chi connectivity index (χ0n) is 10.6. The Morgan fingerprint density at radius 1 is 1.33 bits per heavy atom. The van der Waals surface area contributed by atoms with Crippen molar-refractivity contribution in [2.75, 3.05) is 19.8 Å². The smallest absolute Gasteiger partial charge is 0.162 e. The van der Waals surface area contributed by atoms with Gasteiger partial charge in [0.25, 0.3) is 0 Å². The fraction of sp³-hybridized carbons (Fsp3) is 0.538. The molecule has 1 aliphatic heterocycles. The van der Waals surface area contributed by atoms with E-state index in [1.165, 1.54) is 0 Å². The Morgan fingerprint density at radius 3 is 2.72 bits per heavy atom. The van der Waals surface area contributed by atoms with Crippen LogP contribution in [0.3, 0.4) is 0 Å². The molecule has 2 unspecified atom stereocenters. The first-order valence-corrected chi connectivity index (χ1v) is 7.47. The maximum atomic E-state index is 12.4. The van der Waals surface area contributed by atoms with Crippen molar-refractivity contribution in [2.24, 2.45) is 5.73 Å². The Balaban J connectivity index is 2.19. The third-order valence-electron chi connectivity index (χ3n) is 2.99. The minimum absolute atomic E-state index is 0.109. The van der Waals surface area contributed by atoms with Crippen molar-refractivity contribution < 1.29 is 13.7 Å². The first-order chi connectivity index (χ1) is 8.76. The molecule has 0 saturated heterocycles. The third kappa shape index (κ3) is 2.84. The molecule has 2 rings (SSSR count). The molecule has 0 bridgehead atoms. The van der Waals surface area contributed by atoms with E-state index >= 15 is 0 Å². The van der Waals surface area contributed by atoms with E-state index in [4.69, 9.17) is 15.2 Å². The third-order valence-corrected chi connectivity index (χ3v) is 4.89. The van der Waals surface area contributed by atoms with Crippen LogP contribution in [0.1, 0.15) is 19.8 Å². The predicted molar refractivity (Wildman–Crippen MR) is 71.6 cm³/mol. The molecule has 18 heavy (non-hydrogen) atoms. The van der Waals surface area contributed by atoms with Crippen LogP contribution in [0.5, 0.6) is 11.5 Å². The van der Waals surface area contributed by atoms with E-state index in [1.54, 1.807) is 0 Å². The van der Waals surface area contributed by atoms with Gasteiger partial charge in [0.1, 0.15) is 13.2 Å². The average Bonchev–Trinajstić information content (AvgIpc) is 2.43. The molecule has 1 aromatic rings. The summed E-state index contributed by atoms with van der Waals surface area (Å²) >= 11 is 0. The van der Waals surface area contributed by atoms with Crippen LogP contribution in [0.4, 0.5) is 0 Å². The predicted octanol–water partition coefficient (Wildman–Crippen LogP) is 1.69. The summed E-state index contributed by atoms with van der Waals surface area (Å²) in [7, 11) is -1.03. The molecule has 0 aliphatic carbocycles. The summed E-state index contributed by atoms with van der Waals surface area (Å²) in [6, 6.07) is 5.50. The molecule has 2 N–H and O–H groups in total. The number of fused-ring (bicyclic) bond motifs is 1. The van der Waals surface area contributed by atoms with Crippen LogP contribution < -0.4 is 15.2 Å². The fourth-order valence-electron chi connectivity index (χ4n) is 1.99. The number of nitrogens with two attached hydrogens (primary N) is 1. The highest BCUT2D eigenvalue weighted by Gasteiger charge is 2.19. The molecule has 1 heterocycles. The van der Waals surface area contributed by atoms with Gasteiger partial charge >= 0.3 is 0 Å². The highest BCUT2D eigenvalue weighted by molar-refractivity contribution is 7.85. The Kier molecular flexibility index (Phi) is 4.60. The molecule has 1 aromatic carbocycles. The maximum Gasteiger partial charge on any atom is 0.162 e. The summed E-state index contributed by atoms with van der Waals surface area (Å²) in [6.07, 6.45) is 1.63. The SMILES string of the molecule is CCC(CCN)S(=O)c1ccc2c(c1)OCCO2. The van der Waals surface area contributed by atoms with Crippen LogP contribution >= 0.6 is 0 Å². The Morgan fingerprint density at radius 2 is 2.06 bits per heavy atom. The molecule has 4 nitrogen and oxygen atoms in total. The quantitative estimate of drug-likeness (QED) is 0.883. The van der Waals surface area contributed by atoms with E-state index in [0.717, 1.165) is 23.5 Å². The van der Waals surface area contributed by atoms with E-state index in [1.807, 2.05) is 25.1 Å². The molecular formula is C13H19NO3S. The molecule has 0 radical (unpaired) electrons. The van der Waals surface area contributed by atoms with Gasteiger partial charge < -0.3 is 15.2 Å². The molecule has 5 heteroatoms. The number of hydrogen-bond acceptors (Lipinski definition) is 4. The van der Waals surface area contributed by atoms with Gasteiger partial charge in [-0.05, 0) is 31.5 Å². The van der Waals surface area contributed by atoms with Crippen molar-refractivity contribution in [1.82, 2.24) is 0 Å². The lowest BCUT2D eigenvalue weighted by Gasteiger charge is -2.20. The van der Waals surface area contributed by atoms with E-state index in [-0.39, 0.29) is 5.25 Å². The van der Waals surface area contributed by atoms with Crippen LogP contribution in [-0.4, -0.2) is 29.2 Å². The molecule has 0 fully saturated rings. The number of ether oxygens (including phenoxy) is 2. The molecule has 0 amide bonds. The largest absolute Gasteiger partial charge is 0.486 e. The van der Waals surface area contributed by atoms with Gasteiger partial charge in [0.15, 0.2) is 11.5 Å². The first-order valence-electron chi connectivity index (χ1n) is 6.26. The zero-order chi connectivity index (χ0) is 13.0. The number of benzene rings is 1. The van der Waals surface area contributed by atoms with Gasteiger partial charge in [-0.3, -0.25) is 4.21 Å². The van der Waals surface area contributed by atoms with Crippen molar-refractivity contribution in [3.63, 3.8) is 0 Å². The molecule has 100 valence electrons. The Labute approximate surface area is 110 Å². The van der Waals surface area contributed by atoms with E-state index in [9.17, 15) is 4.21 Å². The van der Waals surface area contributed by atoms with E-state index < -0.39 is 10.8 Å². The Hall–Kier alpha value is -1.07. The fourth-order valence-corrected chi connectivity index (χ4v) is 3.45. The van der Waals surface area contributed by atoms with Crippen LogP contribution in [0.25, 0.3) is 0 Å². The molecular weight excluding hydrogens is 250 g/mol. The number of rotatable bonds is 5. The second kappa shape index (κ2) is 6.20. The molecule has 0 aromatic heterocycles. The van der Waals surface area contributed by atoms with Crippen molar-refractivity contribution >= 4 is 10.8 Å². The standard InChI is InChI=1S/C13H19NO3S/c1-2-10(5-6-14)18(15)11-3-4-12-13(9-11)17-8-7-16-12/h3-4,9-10H,2,5-8,14H2,1H3. The topological polar surface area (TPSA) is 61.6 Å². The van der Waals surface area contributed by atoms with Gasteiger partial charge in [-0.2, -0.15) is 0 Å². The van der Waals surface area contributed by atoms with Crippen molar-refractivity contribution in [2.45, 2.75) is 29.9 Å². The summed E-state index contributed by atoms with van der Waals surface area (Å²) in [5.74, 6) is 1.42. The average molecular weight is 269 g/mol. The van der Waals surface area contributed by atoms with E-state index in [0.29, 0.717) is 25.5 Å². The summed E-state index contributed by atoms with van der Waals surface area (Å²) in [5.41, 5.74) is 5.55. The first kappa shape index (κ1) is 13.4. The van der Waals surface area contributed by atoms with Gasteiger partial charge in [0, 0.05) is 16.2 Å². The molecule has 1 aliphatic rings. The second-order valence-electron chi connectivity index (χ2n) is 4.21. The molecule has 2 atom stereocenters. The summed E-state index contributed by atoms with van der Waals surface area (Å²) in [5, 5.41) is 0.109. The molecule has 0 spiro atoms. The second-order valence-corrected chi connectivity index (χ2v) is 5.94. The summed E-state index contributed by atoms with van der Waals surface area (Å²) in [6.45, 7) is 3.72. The van der Waals surface area contributed by atoms with E-state index in [2.05, 4.69) is 0 Å². The van der Waals surface area contributed by atoms with Crippen LogP contribution in [0.2, 0.25) is 0 Å². The monoisotopic (exact) mass is 269 g/mol. The van der Waals surface area contributed by atoms with Crippen LogP contribution in [0.15, 0.2) is 23.1 Å². The maximum absolute atomic E-state index is 12.4. The summed E-state index contributed by atoms with van der Waals surface area (Å²) in [4.78, 5) is 0.791. The van der Waals surface area contributed by atoms with Crippen molar-refractivity contribution in [3.05, 3.63) is 18.2 Å². The number of hydrogen-bond donors (Lipinski definition) is 1. The van der Waals surface area contributed by atoms with Gasteiger partial charge in [-0.25, -0.2) is 0 Å². The lowest BCUT2D eigenvalue weighted by Crippen LogP contribution is -2.19. The van der Waals surface area contributed by atoms with Gasteiger partial charge in [0.2, 0.25) is 0 Å². The Bertz CT molecular complexity index is 436. The van der Waals surface area contributed by atoms with Gasteiger partial charge in [-0.1, -0.05) is 6.92 Å². The minimum atomic E-state index is -1.03. The minimum Gasteiger partial charge on any atom is -0.486 e. The van der Waals surface area contributed by atoms with Gasteiger partial charge in [-0.15, -0.1) is 0 Å². The van der Waals surface area contributed by atoms with Crippen LogP contribution in [-0.2, 0) is 10.8 Å². The van der Waals surface area contributed by atoms with Crippen molar-refractivity contribution in [3.8, 4) is 11.5 Å². The highest BCUT2D eigenvalue weighted by Crippen LogP contribution is 2.32.